The first-order chi connectivity index (χ1) is 19.7. The third-order valence-corrected chi connectivity index (χ3v) is 7.51. The van der Waals surface area contributed by atoms with Gasteiger partial charge in [-0.2, -0.15) is 0 Å². The monoisotopic (exact) mass is 576 g/mol. The molecule has 0 spiro atoms. The molecule has 1 atom stereocenters. The van der Waals surface area contributed by atoms with Crippen LogP contribution in [0.5, 0.6) is 11.5 Å². The van der Waals surface area contributed by atoms with E-state index in [0.29, 0.717) is 41.5 Å². The number of ketones is 1. The van der Waals surface area contributed by atoms with Crippen LogP contribution in [0.1, 0.15) is 58.4 Å². The lowest BCUT2D eigenvalue weighted by Crippen LogP contribution is -2.29. The van der Waals surface area contributed by atoms with E-state index >= 15 is 0 Å². The number of anilines is 1. The topological polar surface area (TPSA) is 115 Å². The number of ether oxygens (including phenoxy) is 3. The van der Waals surface area contributed by atoms with Gasteiger partial charge in [-0.15, -0.1) is 0 Å². The van der Waals surface area contributed by atoms with E-state index in [1.165, 1.54) is 4.90 Å². The molecule has 1 amide bonds. The van der Waals surface area contributed by atoms with Crippen molar-refractivity contribution >= 4 is 39.9 Å². The van der Waals surface area contributed by atoms with Crippen LogP contribution >= 0.6 is 11.3 Å². The van der Waals surface area contributed by atoms with Gasteiger partial charge in [0.15, 0.2) is 5.13 Å². The minimum absolute atomic E-state index is 0.0954. The Morgan fingerprint density at radius 1 is 1.12 bits per heavy atom. The highest BCUT2D eigenvalue weighted by Gasteiger charge is 2.48. The minimum atomic E-state index is -1.01. The Hall–Kier alpha value is -4.44. The molecule has 1 aromatic heterocycles. The van der Waals surface area contributed by atoms with Crippen LogP contribution < -0.4 is 14.4 Å². The number of benzene rings is 2. The summed E-state index contributed by atoms with van der Waals surface area (Å²) >= 11 is 0.956. The molecule has 0 saturated carbocycles. The van der Waals surface area contributed by atoms with Gasteiger partial charge < -0.3 is 19.3 Å². The Labute approximate surface area is 242 Å². The van der Waals surface area contributed by atoms with E-state index in [-0.39, 0.29) is 27.9 Å². The predicted molar refractivity (Wildman–Crippen MR) is 157 cm³/mol. The van der Waals surface area contributed by atoms with E-state index in [1.807, 2.05) is 13.8 Å². The molecule has 1 aliphatic heterocycles. The Morgan fingerprint density at radius 3 is 2.49 bits per heavy atom. The molecule has 3 aromatic rings. The van der Waals surface area contributed by atoms with Gasteiger partial charge in [0.1, 0.15) is 28.7 Å². The molecule has 1 fully saturated rings. The predicted octanol–water partition coefficient (Wildman–Crippen LogP) is 5.92. The fraction of sp³-hybridized carbons (Fsp3) is 0.290. The van der Waals surface area contributed by atoms with E-state index in [9.17, 15) is 19.5 Å². The molecule has 9 nitrogen and oxygen atoms in total. The van der Waals surface area contributed by atoms with Crippen LogP contribution in [0, 0.1) is 13.8 Å². The standard InChI is InChI=1S/C31H32N2O7S/c1-6-15-39-22-12-9-20(10-13-22)25-24(26(34)21-11-14-23(18(4)17-21)40-16-7-2)27(35)29(36)33(25)31-32-19(5)28(41-31)30(37)38-8-3/h6,9-14,17,25,34H,1,7-8,15-16H2,2-5H3/t25-/m0/s1. The van der Waals surface area contributed by atoms with Gasteiger partial charge in [0.25, 0.3) is 5.78 Å². The van der Waals surface area contributed by atoms with Crippen LogP contribution in [0.2, 0.25) is 0 Å². The van der Waals surface area contributed by atoms with Gasteiger partial charge in [-0.25, -0.2) is 9.78 Å². The maximum atomic E-state index is 13.5. The molecule has 41 heavy (non-hydrogen) atoms. The summed E-state index contributed by atoms with van der Waals surface area (Å²) in [5, 5.41) is 11.6. The number of hydrogen-bond acceptors (Lipinski definition) is 9. The van der Waals surface area contributed by atoms with Crippen molar-refractivity contribution in [2.24, 2.45) is 0 Å². The van der Waals surface area contributed by atoms with E-state index in [2.05, 4.69) is 11.6 Å². The summed E-state index contributed by atoms with van der Waals surface area (Å²) in [6.07, 6.45) is 2.46. The third-order valence-electron chi connectivity index (χ3n) is 6.37. The summed E-state index contributed by atoms with van der Waals surface area (Å²) in [7, 11) is 0. The quantitative estimate of drug-likeness (QED) is 0.0984. The Bertz CT molecular complexity index is 1510. The van der Waals surface area contributed by atoms with Crippen LogP contribution in [-0.4, -0.2) is 47.6 Å². The molecule has 1 saturated heterocycles. The lowest BCUT2D eigenvalue weighted by Gasteiger charge is -2.23. The summed E-state index contributed by atoms with van der Waals surface area (Å²) in [6.45, 7) is 11.9. The Morgan fingerprint density at radius 2 is 1.85 bits per heavy atom. The van der Waals surface area contributed by atoms with Crippen LogP contribution in [0.3, 0.4) is 0 Å². The van der Waals surface area contributed by atoms with Crippen molar-refractivity contribution in [3.63, 3.8) is 0 Å². The fourth-order valence-electron chi connectivity index (χ4n) is 4.44. The van der Waals surface area contributed by atoms with Crippen molar-refractivity contribution in [1.82, 2.24) is 4.98 Å². The second kappa shape index (κ2) is 12.8. The zero-order chi connectivity index (χ0) is 29.7. The molecule has 0 bridgehead atoms. The number of hydrogen-bond donors (Lipinski definition) is 1. The van der Waals surface area contributed by atoms with Gasteiger partial charge in [-0.1, -0.05) is 43.0 Å². The lowest BCUT2D eigenvalue weighted by atomic mass is 9.95. The lowest BCUT2D eigenvalue weighted by molar-refractivity contribution is -0.132. The number of thiazole rings is 1. The number of amides is 1. The molecule has 0 radical (unpaired) electrons. The van der Waals surface area contributed by atoms with Crippen LogP contribution in [-0.2, 0) is 14.3 Å². The number of rotatable bonds is 11. The van der Waals surface area contributed by atoms with Crippen molar-refractivity contribution in [3.05, 3.63) is 88.0 Å². The highest BCUT2D eigenvalue weighted by atomic mass is 32.1. The number of Topliss-reactive ketones (excluding diaryl/α,β-unsaturated/α-hetero) is 1. The number of aliphatic hydroxyl groups is 1. The molecule has 0 unspecified atom stereocenters. The molecule has 0 aliphatic carbocycles. The second-order valence-corrected chi connectivity index (χ2v) is 10.3. The van der Waals surface area contributed by atoms with Crippen LogP contribution in [0.25, 0.3) is 5.76 Å². The summed E-state index contributed by atoms with van der Waals surface area (Å²) in [5.74, 6) is -1.39. The largest absolute Gasteiger partial charge is 0.507 e. The molecular formula is C31H32N2O7S. The maximum absolute atomic E-state index is 13.5. The zero-order valence-corrected chi connectivity index (χ0v) is 24.2. The Balaban J connectivity index is 1.85. The minimum Gasteiger partial charge on any atom is -0.507 e. The molecule has 1 N–H and O–H groups in total. The molecule has 4 rings (SSSR count). The first-order valence-corrected chi connectivity index (χ1v) is 14.1. The normalized spacial score (nSPS) is 16.1. The SMILES string of the molecule is C=CCOc1ccc([C@H]2C(=C(O)c3ccc(OCCC)c(C)c3)C(=O)C(=O)N2c2nc(C)c(C(=O)OCC)s2)cc1. The smallest absolute Gasteiger partial charge is 0.350 e. The van der Waals surface area contributed by atoms with Gasteiger partial charge >= 0.3 is 11.9 Å². The number of carbonyl (C=O) groups excluding carboxylic acids is 3. The highest BCUT2D eigenvalue weighted by Crippen LogP contribution is 2.44. The van der Waals surface area contributed by atoms with E-state index < -0.39 is 23.7 Å². The number of aryl methyl sites for hydroxylation is 2. The van der Waals surface area contributed by atoms with Gasteiger partial charge in [0.2, 0.25) is 0 Å². The van der Waals surface area contributed by atoms with Crippen LogP contribution in [0.15, 0.2) is 60.7 Å². The number of aromatic nitrogens is 1. The van der Waals surface area contributed by atoms with Gasteiger partial charge in [-0.3, -0.25) is 14.5 Å². The van der Waals surface area contributed by atoms with Gasteiger partial charge in [-0.05, 0) is 68.7 Å². The number of esters is 1. The third kappa shape index (κ3) is 6.02. The van der Waals surface area contributed by atoms with Crippen LogP contribution in [0.4, 0.5) is 5.13 Å². The summed E-state index contributed by atoms with van der Waals surface area (Å²) in [4.78, 5) is 45.5. The maximum Gasteiger partial charge on any atom is 0.350 e. The molecule has 2 heterocycles. The van der Waals surface area contributed by atoms with Crippen molar-refractivity contribution in [3.8, 4) is 11.5 Å². The molecular weight excluding hydrogens is 544 g/mol. The Kier molecular flexibility index (Phi) is 9.24. The fourth-order valence-corrected chi connectivity index (χ4v) is 5.43. The van der Waals surface area contributed by atoms with Crippen molar-refractivity contribution in [2.75, 3.05) is 24.7 Å². The number of aliphatic hydroxyl groups excluding tert-OH is 1. The second-order valence-electron chi connectivity index (χ2n) is 9.30. The van der Waals surface area contributed by atoms with Gasteiger partial charge in [0.05, 0.1) is 30.5 Å². The average Bonchev–Trinajstić information content (AvgIpc) is 3.47. The van der Waals surface area contributed by atoms with Crippen molar-refractivity contribution in [2.45, 2.75) is 40.2 Å². The van der Waals surface area contributed by atoms with E-state index in [0.717, 1.165) is 23.3 Å². The molecule has 10 heteroatoms. The first-order valence-electron chi connectivity index (χ1n) is 13.2. The van der Waals surface area contributed by atoms with Crippen molar-refractivity contribution in [1.29, 1.82) is 0 Å². The summed E-state index contributed by atoms with van der Waals surface area (Å²) in [5.41, 5.74) is 1.95. The number of nitrogens with zero attached hydrogens (tertiary/aromatic N) is 2. The van der Waals surface area contributed by atoms with E-state index in [1.54, 1.807) is 62.4 Å². The van der Waals surface area contributed by atoms with Gasteiger partial charge in [0, 0.05) is 5.56 Å². The molecule has 214 valence electrons. The van der Waals surface area contributed by atoms with E-state index in [4.69, 9.17) is 14.2 Å². The average molecular weight is 577 g/mol. The molecule has 1 aliphatic rings. The number of carbonyl (C=O) groups is 3. The first kappa shape index (κ1) is 29.5. The van der Waals surface area contributed by atoms with Crippen molar-refractivity contribution < 1.29 is 33.7 Å². The summed E-state index contributed by atoms with van der Waals surface area (Å²) in [6, 6.07) is 10.9. The highest BCUT2D eigenvalue weighted by molar-refractivity contribution is 7.17. The molecule has 2 aromatic carbocycles. The summed E-state index contributed by atoms with van der Waals surface area (Å²) < 4.78 is 16.5. The zero-order valence-electron chi connectivity index (χ0n) is 23.4.